The van der Waals surface area contributed by atoms with Crippen molar-refractivity contribution in [3.05, 3.63) is 34.4 Å². The molecular weight excluding hydrogens is 300 g/mol. The van der Waals surface area contributed by atoms with Crippen LogP contribution in [0.4, 0.5) is 11.4 Å². The number of hydrogen-bond acceptors (Lipinski definition) is 3. The molecule has 0 bridgehead atoms. The number of amides is 2. The average molecular weight is 319 g/mol. The highest BCUT2D eigenvalue weighted by atomic mass is 35.5. The van der Waals surface area contributed by atoms with Crippen LogP contribution in [0.15, 0.2) is 29.3 Å². The zero-order chi connectivity index (χ0) is 15.9. The third-order valence-electron chi connectivity index (χ3n) is 4.46. The van der Waals surface area contributed by atoms with Crippen LogP contribution in [-0.2, 0) is 9.59 Å². The van der Waals surface area contributed by atoms with Gasteiger partial charge in [-0.3, -0.25) is 9.59 Å². The maximum absolute atomic E-state index is 12.6. The van der Waals surface area contributed by atoms with Crippen molar-refractivity contribution < 1.29 is 9.59 Å². The lowest BCUT2D eigenvalue weighted by molar-refractivity contribution is -0.120. The lowest BCUT2D eigenvalue weighted by Crippen LogP contribution is -2.31. The number of carbonyl (C=O) groups is 2. The van der Waals surface area contributed by atoms with Crippen LogP contribution in [0.5, 0.6) is 0 Å². The van der Waals surface area contributed by atoms with Crippen molar-refractivity contribution in [1.82, 2.24) is 0 Å². The van der Waals surface area contributed by atoms with Crippen molar-refractivity contribution in [3.8, 4) is 0 Å². The van der Waals surface area contributed by atoms with Gasteiger partial charge in [0, 0.05) is 24.7 Å². The van der Waals surface area contributed by atoms with Gasteiger partial charge in [0.05, 0.1) is 16.4 Å². The summed E-state index contributed by atoms with van der Waals surface area (Å²) in [7, 11) is 1.93. The van der Waals surface area contributed by atoms with Gasteiger partial charge in [-0.1, -0.05) is 11.6 Å². The first kappa shape index (κ1) is 15.1. The monoisotopic (exact) mass is 318 g/mol. The maximum Gasteiger partial charge on any atom is 0.261 e. The molecule has 4 nitrogen and oxygen atoms in total. The molecule has 0 aromatic heterocycles. The summed E-state index contributed by atoms with van der Waals surface area (Å²) < 4.78 is 0. The van der Waals surface area contributed by atoms with Crippen LogP contribution >= 0.6 is 11.6 Å². The number of imide groups is 1. The van der Waals surface area contributed by atoms with Gasteiger partial charge in [0.1, 0.15) is 0 Å². The van der Waals surface area contributed by atoms with E-state index in [-0.39, 0.29) is 11.8 Å². The van der Waals surface area contributed by atoms with Crippen molar-refractivity contribution in [2.75, 3.05) is 23.4 Å². The van der Waals surface area contributed by atoms with E-state index in [9.17, 15) is 9.59 Å². The second kappa shape index (κ2) is 5.76. The van der Waals surface area contributed by atoms with Crippen molar-refractivity contribution in [3.63, 3.8) is 0 Å². The molecule has 22 heavy (non-hydrogen) atoms. The Hall–Kier alpha value is -1.81. The summed E-state index contributed by atoms with van der Waals surface area (Å²) >= 11 is 6.23. The number of carbonyl (C=O) groups excluding carboxylic acids is 2. The molecule has 1 aromatic rings. The third-order valence-corrected chi connectivity index (χ3v) is 4.78. The van der Waals surface area contributed by atoms with E-state index in [0.717, 1.165) is 25.1 Å². The van der Waals surface area contributed by atoms with Crippen molar-refractivity contribution >= 4 is 34.8 Å². The predicted octanol–water partition coefficient (Wildman–Crippen LogP) is 3.54. The minimum Gasteiger partial charge on any atom is -0.374 e. The Morgan fingerprint density at radius 1 is 1.14 bits per heavy atom. The number of nitrogens with zero attached hydrogens (tertiary/aromatic N) is 2. The Kier molecular flexibility index (Phi) is 3.96. The topological polar surface area (TPSA) is 40.6 Å². The Morgan fingerprint density at radius 3 is 2.27 bits per heavy atom. The van der Waals surface area contributed by atoms with E-state index in [0.29, 0.717) is 34.7 Å². The molecule has 0 fully saturated rings. The second-order valence-electron chi connectivity index (χ2n) is 5.76. The fraction of sp³-hybridized carbons (Fsp3) is 0.412. The highest BCUT2D eigenvalue weighted by Gasteiger charge is 2.39. The summed E-state index contributed by atoms with van der Waals surface area (Å²) in [5, 5.41) is 0.616. The number of halogens is 1. The average Bonchev–Trinajstić information content (AvgIpc) is 2.79. The first-order chi connectivity index (χ1) is 10.5. The maximum atomic E-state index is 12.6. The zero-order valence-corrected chi connectivity index (χ0v) is 13.6. The standard InChI is InChI=1S/C17H19ClN2O2/c1-3-19(2)15-10-11(8-9-14(15)18)20-16(21)12-6-4-5-7-13(12)17(20)22/h8-10H,3-7H2,1-2H3. The first-order valence-corrected chi connectivity index (χ1v) is 8.04. The SMILES string of the molecule is CCN(C)c1cc(N2C(=O)C3=C(CCCC3)C2=O)ccc1Cl. The minimum atomic E-state index is -0.160. The summed E-state index contributed by atoms with van der Waals surface area (Å²) in [5.74, 6) is -0.320. The summed E-state index contributed by atoms with van der Waals surface area (Å²) in [4.78, 5) is 28.5. The van der Waals surface area contributed by atoms with Gasteiger partial charge in [-0.05, 0) is 50.8 Å². The molecule has 0 radical (unpaired) electrons. The smallest absolute Gasteiger partial charge is 0.261 e. The second-order valence-corrected chi connectivity index (χ2v) is 6.17. The molecule has 2 amide bonds. The van der Waals surface area contributed by atoms with Gasteiger partial charge in [-0.25, -0.2) is 4.90 Å². The molecule has 5 heteroatoms. The van der Waals surface area contributed by atoms with Crippen molar-refractivity contribution in [2.24, 2.45) is 0 Å². The Balaban J connectivity index is 1.99. The minimum absolute atomic E-state index is 0.160. The van der Waals surface area contributed by atoms with Crippen LogP contribution in [0, 0.1) is 0 Å². The molecule has 0 saturated heterocycles. The summed E-state index contributed by atoms with van der Waals surface area (Å²) in [6, 6.07) is 5.31. The lowest BCUT2D eigenvalue weighted by atomic mass is 9.93. The Morgan fingerprint density at radius 2 is 1.73 bits per heavy atom. The fourth-order valence-corrected chi connectivity index (χ4v) is 3.34. The molecule has 2 aliphatic rings. The molecule has 1 aliphatic heterocycles. The normalized spacial score (nSPS) is 18.0. The summed E-state index contributed by atoms with van der Waals surface area (Å²) in [6.45, 7) is 2.81. The largest absolute Gasteiger partial charge is 0.374 e. The summed E-state index contributed by atoms with van der Waals surface area (Å²) in [5.41, 5.74) is 2.84. The Bertz CT molecular complexity index is 653. The number of hydrogen-bond donors (Lipinski definition) is 0. The molecule has 0 unspecified atom stereocenters. The molecule has 1 aromatic carbocycles. The van der Waals surface area contributed by atoms with E-state index < -0.39 is 0 Å². The van der Waals surface area contributed by atoms with Gasteiger partial charge in [0.2, 0.25) is 0 Å². The van der Waals surface area contributed by atoms with Gasteiger partial charge < -0.3 is 4.90 Å². The van der Waals surface area contributed by atoms with Crippen LogP contribution < -0.4 is 9.80 Å². The fourth-order valence-electron chi connectivity index (χ4n) is 3.08. The van der Waals surface area contributed by atoms with Crippen molar-refractivity contribution in [2.45, 2.75) is 32.6 Å². The molecule has 1 heterocycles. The molecule has 116 valence electrons. The number of rotatable bonds is 3. The quantitative estimate of drug-likeness (QED) is 0.800. The van der Waals surface area contributed by atoms with E-state index in [1.165, 1.54) is 4.90 Å². The third kappa shape index (κ3) is 2.31. The Labute approximate surface area is 135 Å². The van der Waals surface area contributed by atoms with E-state index in [1.54, 1.807) is 12.1 Å². The van der Waals surface area contributed by atoms with E-state index in [2.05, 4.69) is 0 Å². The molecular formula is C17H19ClN2O2. The molecule has 0 N–H and O–H groups in total. The number of benzene rings is 1. The predicted molar refractivity (Wildman–Crippen MR) is 88.4 cm³/mol. The molecule has 1 aliphatic carbocycles. The van der Waals surface area contributed by atoms with Gasteiger partial charge >= 0.3 is 0 Å². The van der Waals surface area contributed by atoms with Gasteiger partial charge in [0.25, 0.3) is 11.8 Å². The molecule has 3 rings (SSSR count). The zero-order valence-electron chi connectivity index (χ0n) is 12.9. The summed E-state index contributed by atoms with van der Waals surface area (Å²) in [6.07, 6.45) is 3.39. The van der Waals surface area contributed by atoms with Crippen LogP contribution in [-0.4, -0.2) is 25.4 Å². The van der Waals surface area contributed by atoms with Crippen molar-refractivity contribution in [1.29, 1.82) is 0 Å². The highest BCUT2D eigenvalue weighted by molar-refractivity contribution is 6.35. The molecule has 0 saturated carbocycles. The van der Waals surface area contributed by atoms with Crippen LogP contribution in [0.2, 0.25) is 5.02 Å². The van der Waals surface area contributed by atoms with E-state index in [4.69, 9.17) is 11.6 Å². The molecule has 0 spiro atoms. The number of anilines is 2. The van der Waals surface area contributed by atoms with Gasteiger partial charge in [-0.2, -0.15) is 0 Å². The first-order valence-electron chi connectivity index (χ1n) is 7.66. The van der Waals surface area contributed by atoms with Crippen LogP contribution in [0.25, 0.3) is 0 Å². The van der Waals surface area contributed by atoms with Crippen LogP contribution in [0.1, 0.15) is 32.6 Å². The van der Waals surface area contributed by atoms with E-state index >= 15 is 0 Å². The molecule has 0 atom stereocenters. The highest BCUT2D eigenvalue weighted by Crippen LogP contribution is 2.37. The van der Waals surface area contributed by atoms with Crippen LogP contribution in [0.3, 0.4) is 0 Å². The van der Waals surface area contributed by atoms with E-state index in [1.807, 2.05) is 24.9 Å². The van der Waals surface area contributed by atoms with Gasteiger partial charge in [-0.15, -0.1) is 0 Å². The lowest BCUT2D eigenvalue weighted by Gasteiger charge is -2.22. The van der Waals surface area contributed by atoms with Gasteiger partial charge in [0.15, 0.2) is 0 Å².